The van der Waals surface area contributed by atoms with Crippen LogP contribution in [0.4, 0.5) is 0 Å². The molecule has 504 valence electrons. The SMILES string of the molecule is C[C@@]1(c2cccc(-c3cc(Cl)cc(Cl)c3)c2)Cn2ccnc2C(N)=N1.[Pd].c1ccc(P(c2ccccc2)c2ccccc2)cc1.c1ccc(P(c2ccccc2)c2ccccc2)cc1.c1ccc(P(c2ccccc2)c2ccccc2)cc1.c1ccc(P(c2ccccc2)c2ccccc2)cc1. The molecule has 0 amide bonds. The number of hydrogen-bond acceptors (Lipinski definition) is 3. The van der Waals surface area contributed by atoms with Gasteiger partial charge in [0.05, 0.1) is 6.54 Å². The van der Waals surface area contributed by atoms with E-state index in [1.807, 2.05) is 35.0 Å². The Morgan fingerprint density at radius 3 is 0.775 bits per heavy atom. The van der Waals surface area contributed by atoms with Gasteiger partial charge in [-0.3, -0.25) is 4.99 Å². The second kappa shape index (κ2) is 38.1. The van der Waals surface area contributed by atoms with Crippen molar-refractivity contribution >= 4 is 124 Å². The van der Waals surface area contributed by atoms with Crippen molar-refractivity contribution in [2.75, 3.05) is 0 Å². The van der Waals surface area contributed by atoms with Crippen LogP contribution in [0.25, 0.3) is 11.1 Å². The zero-order valence-corrected chi connectivity index (χ0v) is 63.0. The summed E-state index contributed by atoms with van der Waals surface area (Å²) in [7, 11) is -1.78. The third-order valence-electron chi connectivity index (χ3n) is 16.6. The monoisotopic (exact) mass is 1520 g/mol. The first-order valence-corrected chi connectivity index (χ1v) is 39.6. The van der Waals surface area contributed by atoms with Crippen LogP contribution in [0.5, 0.6) is 0 Å². The Kier molecular flexibility index (Phi) is 27.6. The summed E-state index contributed by atoms with van der Waals surface area (Å²) in [6, 6.07) is 143. The van der Waals surface area contributed by atoms with Crippen LogP contribution in [0.2, 0.25) is 10.0 Å². The molecule has 14 aromatic carbocycles. The minimum atomic E-state index is -0.462. The normalized spacial score (nSPS) is 12.6. The van der Waals surface area contributed by atoms with E-state index in [9.17, 15) is 0 Å². The van der Waals surface area contributed by atoms with E-state index in [0.717, 1.165) is 22.5 Å². The number of nitrogens with two attached hydrogens (primary N) is 1. The predicted octanol–water partition coefficient (Wildman–Crippen LogP) is 18.3. The van der Waals surface area contributed by atoms with Crippen LogP contribution in [0.3, 0.4) is 0 Å². The maximum atomic E-state index is 6.15. The number of imidazole rings is 1. The molecular formula is C91H76Cl2N4P4Pd. The van der Waals surface area contributed by atoms with Crippen molar-refractivity contribution in [1.29, 1.82) is 0 Å². The van der Waals surface area contributed by atoms with E-state index in [0.29, 0.717) is 22.4 Å². The molecule has 11 heteroatoms. The molecule has 2 N–H and O–H groups in total. The number of rotatable bonds is 14. The number of amidine groups is 1. The van der Waals surface area contributed by atoms with Crippen molar-refractivity contribution in [2.45, 2.75) is 19.0 Å². The summed E-state index contributed by atoms with van der Waals surface area (Å²) < 4.78 is 2.03. The van der Waals surface area contributed by atoms with Gasteiger partial charge in [0, 0.05) is 42.9 Å². The Labute approximate surface area is 630 Å². The average molecular weight is 1530 g/mol. The average Bonchev–Trinajstić information content (AvgIpc) is 1.39. The first kappa shape index (κ1) is 73.9. The van der Waals surface area contributed by atoms with Gasteiger partial charge < -0.3 is 10.3 Å². The molecule has 1 aliphatic heterocycles. The Morgan fingerprint density at radius 2 is 0.539 bits per heavy atom. The third kappa shape index (κ3) is 20.1. The number of fused-ring (bicyclic) bond motifs is 1. The topological polar surface area (TPSA) is 56.2 Å². The molecule has 4 nitrogen and oxygen atoms in total. The summed E-state index contributed by atoms with van der Waals surface area (Å²) in [6.07, 6.45) is 3.67. The van der Waals surface area contributed by atoms with E-state index in [1.54, 1.807) is 12.3 Å². The van der Waals surface area contributed by atoms with Gasteiger partial charge in [-0.05, 0) is 143 Å². The minimum absolute atomic E-state index is 0. The number of hydrogen-bond donors (Lipinski definition) is 1. The van der Waals surface area contributed by atoms with Gasteiger partial charge in [-0.25, -0.2) is 4.98 Å². The summed E-state index contributed by atoms with van der Waals surface area (Å²) in [6.45, 7) is 2.76. The molecule has 2 heterocycles. The number of aliphatic imine (C=N–C) groups is 1. The molecule has 0 saturated carbocycles. The maximum Gasteiger partial charge on any atom is 0.175 e. The largest absolute Gasteiger partial charge is 0.381 e. The Hall–Kier alpha value is -9.28. The van der Waals surface area contributed by atoms with Crippen LogP contribution in [0.1, 0.15) is 18.3 Å². The fourth-order valence-electron chi connectivity index (χ4n) is 12.0. The van der Waals surface area contributed by atoms with Crippen molar-refractivity contribution in [3.05, 3.63) is 440 Å². The van der Waals surface area contributed by atoms with Gasteiger partial charge in [0.15, 0.2) is 11.7 Å². The van der Waals surface area contributed by atoms with Gasteiger partial charge in [0.1, 0.15) is 5.54 Å². The zero-order chi connectivity index (χ0) is 69.3. The van der Waals surface area contributed by atoms with E-state index in [2.05, 4.69) is 388 Å². The van der Waals surface area contributed by atoms with Gasteiger partial charge in [0.2, 0.25) is 0 Å². The van der Waals surface area contributed by atoms with Crippen LogP contribution in [0, 0.1) is 0 Å². The first-order valence-electron chi connectivity index (χ1n) is 33.5. The molecular weight excluding hydrogens is 1450 g/mol. The van der Waals surface area contributed by atoms with Crippen LogP contribution < -0.4 is 69.4 Å². The quantitative estimate of drug-likeness (QED) is 0.0871. The summed E-state index contributed by atoms with van der Waals surface area (Å²) >= 11 is 12.3. The summed E-state index contributed by atoms with van der Waals surface area (Å²) in [5.41, 5.74) is 8.74. The van der Waals surface area contributed by atoms with E-state index in [-0.39, 0.29) is 20.4 Å². The minimum Gasteiger partial charge on any atom is -0.381 e. The van der Waals surface area contributed by atoms with Gasteiger partial charge >= 0.3 is 0 Å². The molecule has 0 fully saturated rings. The van der Waals surface area contributed by atoms with Crippen LogP contribution >= 0.6 is 54.9 Å². The van der Waals surface area contributed by atoms with E-state index >= 15 is 0 Å². The molecule has 0 radical (unpaired) electrons. The van der Waals surface area contributed by atoms with Gasteiger partial charge in [-0.15, -0.1) is 0 Å². The standard InChI is InChI=1S/C19H16Cl2N4.4C18H15P.Pd/c1-19(11-25-6-5-23-18(25)17(22)24-19)14-4-2-3-12(7-14)13-8-15(20)10-16(21)9-13;4*1-4-10-16(11-5-1)19(17-12-6-2-7-13-17)18-14-8-3-9-15-18;/h2-10H,11H2,1H3,(H2,22,24);4*1-15H;/t19-;;;;;/m0...../s1. The fraction of sp³-hybridized carbons (Fsp3) is 0.0330. The molecule has 0 unspecified atom stereocenters. The summed E-state index contributed by atoms with van der Waals surface area (Å²) in [5.74, 6) is 1.17. The van der Waals surface area contributed by atoms with Crippen molar-refractivity contribution in [3.8, 4) is 11.1 Å². The Balaban J connectivity index is 0.000000128. The second-order valence-electron chi connectivity index (χ2n) is 23.8. The third-order valence-corrected chi connectivity index (χ3v) is 26.9. The van der Waals surface area contributed by atoms with E-state index in [4.69, 9.17) is 33.9 Å². The smallest absolute Gasteiger partial charge is 0.175 e. The Bertz CT molecular complexity index is 4080. The van der Waals surface area contributed by atoms with E-state index < -0.39 is 37.2 Å². The molecule has 1 atom stereocenters. The zero-order valence-electron chi connectivity index (χ0n) is 56.3. The second-order valence-corrected chi connectivity index (χ2v) is 33.5. The van der Waals surface area contributed by atoms with Crippen molar-refractivity contribution in [1.82, 2.24) is 9.55 Å². The molecule has 0 saturated heterocycles. The van der Waals surface area contributed by atoms with Crippen LogP contribution in [-0.4, -0.2) is 15.4 Å². The number of benzene rings is 14. The molecule has 102 heavy (non-hydrogen) atoms. The van der Waals surface area contributed by atoms with Gasteiger partial charge in [-0.1, -0.05) is 405 Å². The van der Waals surface area contributed by atoms with Crippen LogP contribution in [-0.2, 0) is 32.5 Å². The molecule has 0 aliphatic carbocycles. The molecule has 0 spiro atoms. The van der Waals surface area contributed by atoms with Crippen LogP contribution in [0.15, 0.2) is 424 Å². The predicted molar refractivity (Wildman–Crippen MR) is 443 cm³/mol. The number of nitrogens with zero attached hydrogens (tertiary/aromatic N) is 3. The molecule has 16 rings (SSSR count). The van der Waals surface area contributed by atoms with Crippen molar-refractivity contribution in [2.24, 2.45) is 10.7 Å². The number of aromatic nitrogens is 2. The fourth-order valence-corrected chi connectivity index (χ4v) is 21.7. The molecule has 15 aromatic rings. The first-order chi connectivity index (χ1) is 49.7. The molecule has 0 bridgehead atoms. The van der Waals surface area contributed by atoms with Crippen molar-refractivity contribution < 1.29 is 20.4 Å². The van der Waals surface area contributed by atoms with E-state index in [1.165, 1.54) is 63.7 Å². The van der Waals surface area contributed by atoms with Gasteiger partial charge in [-0.2, -0.15) is 0 Å². The van der Waals surface area contributed by atoms with Crippen molar-refractivity contribution in [3.63, 3.8) is 0 Å². The summed E-state index contributed by atoms with van der Waals surface area (Å²) in [5, 5.41) is 18.0. The maximum absolute atomic E-state index is 6.15. The van der Waals surface area contributed by atoms with Gasteiger partial charge in [0.25, 0.3) is 0 Å². The molecule has 1 aliphatic rings. The summed E-state index contributed by atoms with van der Waals surface area (Å²) in [4.78, 5) is 8.99. The number of halogens is 2. The molecule has 1 aromatic heterocycles. The Morgan fingerprint density at radius 1 is 0.304 bits per heavy atom.